The standard InChI is InChI=1S/C27H26O3/c1-29-24-15-14-22-12-13-23(17-27(28)30-19-21-10-6-3-7-11-21)25(26(22)18-24)16-20-8-4-2-5-9-20/h2-11,14-15,18H,12-13,16-17,19H2,1H3. The van der Waals surface area contributed by atoms with Crippen LogP contribution >= 0.6 is 0 Å². The van der Waals surface area contributed by atoms with Gasteiger partial charge in [-0.05, 0) is 59.2 Å². The van der Waals surface area contributed by atoms with Crippen LogP contribution in [0.2, 0.25) is 0 Å². The fourth-order valence-corrected chi connectivity index (χ4v) is 3.99. The largest absolute Gasteiger partial charge is 0.497 e. The first-order valence-electron chi connectivity index (χ1n) is 10.3. The molecule has 4 rings (SSSR count). The normalized spacial score (nSPS) is 13.0. The summed E-state index contributed by atoms with van der Waals surface area (Å²) in [6.45, 7) is 0.311. The summed E-state index contributed by atoms with van der Waals surface area (Å²) in [6, 6.07) is 26.5. The number of rotatable bonds is 7. The van der Waals surface area contributed by atoms with E-state index in [1.165, 1.54) is 22.3 Å². The molecule has 0 heterocycles. The Kier molecular flexibility index (Phi) is 6.29. The summed E-state index contributed by atoms with van der Waals surface area (Å²) >= 11 is 0. The van der Waals surface area contributed by atoms with Gasteiger partial charge in [0.25, 0.3) is 0 Å². The van der Waals surface area contributed by atoms with Gasteiger partial charge in [-0.15, -0.1) is 0 Å². The molecule has 3 nitrogen and oxygen atoms in total. The molecule has 0 amide bonds. The van der Waals surface area contributed by atoms with E-state index in [4.69, 9.17) is 9.47 Å². The van der Waals surface area contributed by atoms with Gasteiger partial charge in [-0.25, -0.2) is 0 Å². The minimum absolute atomic E-state index is 0.175. The van der Waals surface area contributed by atoms with Gasteiger partial charge in [0.05, 0.1) is 13.5 Å². The van der Waals surface area contributed by atoms with Crippen LogP contribution in [0, 0.1) is 0 Å². The van der Waals surface area contributed by atoms with E-state index in [9.17, 15) is 4.79 Å². The number of hydrogen-bond donors (Lipinski definition) is 0. The highest BCUT2D eigenvalue weighted by Gasteiger charge is 2.22. The van der Waals surface area contributed by atoms with Crippen molar-refractivity contribution in [3.63, 3.8) is 0 Å². The van der Waals surface area contributed by atoms with Gasteiger partial charge >= 0.3 is 5.97 Å². The van der Waals surface area contributed by atoms with Crippen LogP contribution < -0.4 is 4.74 Å². The van der Waals surface area contributed by atoms with Crippen LogP contribution in [0.25, 0.3) is 5.57 Å². The lowest BCUT2D eigenvalue weighted by Gasteiger charge is -2.24. The number of esters is 1. The lowest BCUT2D eigenvalue weighted by atomic mass is 9.81. The molecule has 0 unspecified atom stereocenters. The van der Waals surface area contributed by atoms with Gasteiger partial charge < -0.3 is 9.47 Å². The van der Waals surface area contributed by atoms with Crippen molar-refractivity contribution in [3.05, 3.63) is 107 Å². The third kappa shape index (κ3) is 4.80. The molecule has 0 atom stereocenters. The number of carbonyl (C=O) groups excluding carboxylic acids is 1. The smallest absolute Gasteiger partial charge is 0.310 e. The monoisotopic (exact) mass is 398 g/mol. The first-order valence-corrected chi connectivity index (χ1v) is 10.3. The summed E-state index contributed by atoms with van der Waals surface area (Å²) in [5, 5.41) is 0. The predicted octanol–water partition coefficient (Wildman–Crippen LogP) is 5.77. The Morgan fingerprint density at radius 1 is 0.867 bits per heavy atom. The molecule has 0 aromatic heterocycles. The molecule has 1 aliphatic rings. The number of ether oxygens (including phenoxy) is 2. The molecule has 0 N–H and O–H groups in total. The van der Waals surface area contributed by atoms with E-state index in [-0.39, 0.29) is 5.97 Å². The molecule has 0 bridgehead atoms. The van der Waals surface area contributed by atoms with E-state index in [2.05, 4.69) is 36.4 Å². The maximum Gasteiger partial charge on any atom is 0.310 e. The minimum atomic E-state index is -0.175. The molecular formula is C27H26O3. The van der Waals surface area contributed by atoms with Crippen LogP contribution in [0.3, 0.4) is 0 Å². The molecule has 1 aliphatic carbocycles. The Bertz CT molecular complexity index is 1040. The van der Waals surface area contributed by atoms with Crippen molar-refractivity contribution in [1.82, 2.24) is 0 Å². The third-order valence-corrected chi connectivity index (χ3v) is 5.59. The quantitative estimate of drug-likeness (QED) is 0.474. The van der Waals surface area contributed by atoms with Crippen LogP contribution in [0.4, 0.5) is 0 Å². The van der Waals surface area contributed by atoms with E-state index < -0.39 is 0 Å². The topological polar surface area (TPSA) is 35.5 Å². The zero-order chi connectivity index (χ0) is 20.8. The molecule has 0 radical (unpaired) electrons. The number of hydrogen-bond acceptors (Lipinski definition) is 3. The molecule has 152 valence electrons. The molecule has 0 saturated heterocycles. The maximum atomic E-state index is 12.6. The first kappa shape index (κ1) is 20.0. The predicted molar refractivity (Wildman–Crippen MR) is 119 cm³/mol. The SMILES string of the molecule is COc1ccc2c(c1)C(Cc1ccccc1)=C(CC(=O)OCc1ccccc1)CC2. The fraction of sp³-hybridized carbons (Fsp3) is 0.222. The van der Waals surface area contributed by atoms with Crippen LogP contribution in [0.15, 0.2) is 84.4 Å². The lowest BCUT2D eigenvalue weighted by molar-refractivity contribution is -0.144. The Balaban J connectivity index is 1.59. The highest BCUT2D eigenvalue weighted by atomic mass is 16.5. The second-order valence-electron chi connectivity index (χ2n) is 7.59. The number of methoxy groups -OCH3 is 1. The zero-order valence-electron chi connectivity index (χ0n) is 17.3. The summed E-state index contributed by atoms with van der Waals surface area (Å²) in [4.78, 5) is 12.6. The van der Waals surface area contributed by atoms with Crippen molar-refractivity contribution in [2.75, 3.05) is 7.11 Å². The summed E-state index contributed by atoms with van der Waals surface area (Å²) < 4.78 is 11.0. The van der Waals surface area contributed by atoms with Crippen molar-refractivity contribution in [1.29, 1.82) is 0 Å². The van der Waals surface area contributed by atoms with Gasteiger partial charge in [0.1, 0.15) is 12.4 Å². The molecule has 0 fully saturated rings. The van der Waals surface area contributed by atoms with E-state index >= 15 is 0 Å². The van der Waals surface area contributed by atoms with E-state index in [1.54, 1.807) is 7.11 Å². The van der Waals surface area contributed by atoms with Gasteiger partial charge in [0.2, 0.25) is 0 Å². The first-order chi connectivity index (χ1) is 14.7. The molecule has 3 aromatic carbocycles. The molecule has 0 spiro atoms. The molecule has 3 aromatic rings. The van der Waals surface area contributed by atoms with Crippen molar-refractivity contribution in [2.24, 2.45) is 0 Å². The average Bonchev–Trinajstić information content (AvgIpc) is 2.80. The molecule has 30 heavy (non-hydrogen) atoms. The molecule has 0 saturated carbocycles. The Hall–Kier alpha value is -3.33. The van der Waals surface area contributed by atoms with E-state index in [0.29, 0.717) is 13.0 Å². The zero-order valence-corrected chi connectivity index (χ0v) is 17.3. The van der Waals surface area contributed by atoms with Crippen LogP contribution in [-0.2, 0) is 29.0 Å². The van der Waals surface area contributed by atoms with Crippen molar-refractivity contribution >= 4 is 11.5 Å². The lowest BCUT2D eigenvalue weighted by Crippen LogP contribution is -2.12. The van der Waals surface area contributed by atoms with Crippen molar-refractivity contribution in [2.45, 2.75) is 32.3 Å². The van der Waals surface area contributed by atoms with Crippen molar-refractivity contribution < 1.29 is 14.3 Å². The van der Waals surface area contributed by atoms with Gasteiger partial charge in [0.15, 0.2) is 0 Å². The highest BCUT2D eigenvalue weighted by Crippen LogP contribution is 2.37. The van der Waals surface area contributed by atoms with Gasteiger partial charge in [0, 0.05) is 0 Å². The second-order valence-corrected chi connectivity index (χ2v) is 7.59. The van der Waals surface area contributed by atoms with E-state index in [0.717, 1.165) is 36.1 Å². The number of allylic oxidation sites excluding steroid dienone is 1. The third-order valence-electron chi connectivity index (χ3n) is 5.59. The Morgan fingerprint density at radius 3 is 2.27 bits per heavy atom. The molecule has 3 heteroatoms. The van der Waals surface area contributed by atoms with Crippen LogP contribution in [-0.4, -0.2) is 13.1 Å². The molecule has 0 aliphatic heterocycles. The van der Waals surface area contributed by atoms with Crippen molar-refractivity contribution in [3.8, 4) is 5.75 Å². The summed E-state index contributed by atoms with van der Waals surface area (Å²) in [5.41, 5.74) is 7.12. The number of benzene rings is 3. The van der Waals surface area contributed by atoms with Crippen LogP contribution in [0.1, 0.15) is 35.1 Å². The van der Waals surface area contributed by atoms with Gasteiger partial charge in [-0.1, -0.05) is 72.3 Å². The Labute approximate surface area is 178 Å². The summed E-state index contributed by atoms with van der Waals surface area (Å²) in [7, 11) is 1.69. The number of aryl methyl sites for hydroxylation is 1. The Morgan fingerprint density at radius 2 is 1.57 bits per heavy atom. The number of carbonyl (C=O) groups is 1. The van der Waals surface area contributed by atoms with Crippen LogP contribution in [0.5, 0.6) is 5.75 Å². The van der Waals surface area contributed by atoms with E-state index in [1.807, 2.05) is 42.5 Å². The van der Waals surface area contributed by atoms with Gasteiger partial charge in [-0.2, -0.15) is 0 Å². The minimum Gasteiger partial charge on any atom is -0.497 e. The summed E-state index contributed by atoms with van der Waals surface area (Å²) in [6.07, 6.45) is 2.93. The average molecular weight is 399 g/mol. The second kappa shape index (κ2) is 9.45. The molecular weight excluding hydrogens is 372 g/mol. The highest BCUT2D eigenvalue weighted by molar-refractivity contribution is 5.82. The number of fused-ring (bicyclic) bond motifs is 1. The summed E-state index contributed by atoms with van der Waals surface area (Å²) in [5.74, 6) is 0.665. The van der Waals surface area contributed by atoms with Gasteiger partial charge in [-0.3, -0.25) is 4.79 Å². The maximum absolute atomic E-state index is 12.6. The fourth-order valence-electron chi connectivity index (χ4n) is 3.99.